The SMILES string of the molecule is O=C(CCC(=O)c1ccc2c(c1)OCCO2)OCC(=O)c1ccc2ccccc2c1. The molecule has 1 heterocycles. The number of hydrogen-bond donors (Lipinski definition) is 0. The molecule has 0 spiro atoms. The van der Waals surface area contributed by atoms with Crippen LogP contribution in [0.5, 0.6) is 11.5 Å². The van der Waals surface area contributed by atoms with Crippen molar-refractivity contribution in [1.29, 1.82) is 0 Å². The molecular formula is C24H20O6. The lowest BCUT2D eigenvalue weighted by Crippen LogP contribution is -2.16. The molecule has 1 aliphatic rings. The fraction of sp³-hybridized carbons (Fsp3) is 0.208. The molecule has 0 radical (unpaired) electrons. The van der Waals surface area contributed by atoms with Gasteiger partial charge in [-0.3, -0.25) is 14.4 Å². The van der Waals surface area contributed by atoms with Crippen LogP contribution in [0.15, 0.2) is 60.7 Å². The van der Waals surface area contributed by atoms with Crippen molar-refractivity contribution in [1.82, 2.24) is 0 Å². The van der Waals surface area contributed by atoms with Gasteiger partial charge in [0.1, 0.15) is 13.2 Å². The van der Waals surface area contributed by atoms with E-state index in [1.54, 1.807) is 30.3 Å². The molecule has 0 fully saturated rings. The summed E-state index contributed by atoms with van der Waals surface area (Å²) in [5, 5.41) is 1.98. The Morgan fingerprint density at radius 1 is 0.733 bits per heavy atom. The summed E-state index contributed by atoms with van der Waals surface area (Å²) in [6, 6.07) is 18.0. The molecule has 0 aromatic heterocycles. The summed E-state index contributed by atoms with van der Waals surface area (Å²) in [5.74, 6) is 0.0483. The van der Waals surface area contributed by atoms with E-state index in [-0.39, 0.29) is 31.0 Å². The normalized spacial score (nSPS) is 12.4. The molecule has 4 rings (SSSR count). The minimum absolute atomic E-state index is 0.0113. The van der Waals surface area contributed by atoms with E-state index >= 15 is 0 Å². The van der Waals surface area contributed by atoms with Gasteiger partial charge in [0.05, 0.1) is 6.42 Å². The van der Waals surface area contributed by atoms with E-state index in [2.05, 4.69) is 0 Å². The maximum Gasteiger partial charge on any atom is 0.306 e. The molecule has 0 saturated heterocycles. The second kappa shape index (κ2) is 8.78. The van der Waals surface area contributed by atoms with E-state index in [9.17, 15) is 14.4 Å². The zero-order valence-corrected chi connectivity index (χ0v) is 16.3. The van der Waals surface area contributed by atoms with Crippen molar-refractivity contribution in [3.05, 3.63) is 71.8 Å². The molecule has 0 N–H and O–H groups in total. The average molecular weight is 404 g/mol. The van der Waals surface area contributed by atoms with E-state index in [1.165, 1.54) is 0 Å². The summed E-state index contributed by atoms with van der Waals surface area (Å²) in [5.41, 5.74) is 0.924. The van der Waals surface area contributed by atoms with E-state index in [1.807, 2.05) is 30.3 Å². The molecule has 0 aliphatic carbocycles. The first-order valence-electron chi connectivity index (χ1n) is 9.70. The topological polar surface area (TPSA) is 78.9 Å². The second-order valence-electron chi connectivity index (χ2n) is 6.93. The van der Waals surface area contributed by atoms with Gasteiger partial charge in [-0.15, -0.1) is 0 Å². The third-order valence-corrected chi connectivity index (χ3v) is 4.86. The number of carbonyl (C=O) groups excluding carboxylic acids is 3. The van der Waals surface area contributed by atoms with Crippen molar-refractivity contribution in [2.45, 2.75) is 12.8 Å². The Hall–Kier alpha value is -3.67. The number of fused-ring (bicyclic) bond motifs is 2. The number of ether oxygens (including phenoxy) is 3. The van der Waals surface area contributed by atoms with Gasteiger partial charge in [-0.2, -0.15) is 0 Å². The molecule has 0 amide bonds. The lowest BCUT2D eigenvalue weighted by molar-refractivity contribution is -0.142. The van der Waals surface area contributed by atoms with Crippen LogP contribution >= 0.6 is 0 Å². The summed E-state index contributed by atoms with van der Waals surface area (Å²) in [7, 11) is 0. The minimum atomic E-state index is -0.588. The highest BCUT2D eigenvalue weighted by Gasteiger charge is 2.17. The quantitative estimate of drug-likeness (QED) is 0.437. The fourth-order valence-electron chi connectivity index (χ4n) is 3.24. The maximum atomic E-state index is 12.3. The molecule has 3 aromatic carbocycles. The Kier molecular flexibility index (Phi) is 5.75. The van der Waals surface area contributed by atoms with E-state index in [0.717, 1.165) is 10.8 Å². The van der Waals surface area contributed by atoms with Crippen LogP contribution in [0.4, 0.5) is 0 Å². The molecule has 0 saturated carbocycles. The molecule has 1 aliphatic heterocycles. The second-order valence-corrected chi connectivity index (χ2v) is 6.93. The first-order valence-corrected chi connectivity index (χ1v) is 9.70. The van der Waals surface area contributed by atoms with E-state index < -0.39 is 5.97 Å². The molecule has 3 aromatic rings. The van der Waals surface area contributed by atoms with Crippen molar-refractivity contribution >= 4 is 28.3 Å². The van der Waals surface area contributed by atoms with E-state index in [4.69, 9.17) is 14.2 Å². The van der Waals surface area contributed by atoms with Crippen LogP contribution < -0.4 is 9.47 Å². The highest BCUT2D eigenvalue weighted by Crippen LogP contribution is 2.31. The lowest BCUT2D eigenvalue weighted by atomic mass is 10.0. The van der Waals surface area contributed by atoms with Crippen molar-refractivity contribution in [2.75, 3.05) is 19.8 Å². The molecule has 0 bridgehead atoms. The Balaban J connectivity index is 1.28. The highest BCUT2D eigenvalue weighted by molar-refractivity contribution is 6.01. The number of Topliss-reactive ketones (excluding diaryl/α,β-unsaturated/α-hetero) is 2. The molecule has 6 heteroatoms. The largest absolute Gasteiger partial charge is 0.486 e. The number of rotatable bonds is 7. The van der Waals surface area contributed by atoms with Crippen molar-refractivity contribution in [3.63, 3.8) is 0 Å². The van der Waals surface area contributed by atoms with Crippen LogP contribution in [0, 0.1) is 0 Å². The molecule has 152 valence electrons. The Bertz CT molecular complexity index is 1120. The zero-order chi connectivity index (χ0) is 20.9. The smallest absolute Gasteiger partial charge is 0.306 e. The summed E-state index contributed by atoms with van der Waals surface area (Å²) >= 11 is 0. The van der Waals surface area contributed by atoms with Gasteiger partial charge in [-0.1, -0.05) is 36.4 Å². The van der Waals surface area contributed by atoms with Crippen LogP contribution in [-0.4, -0.2) is 37.4 Å². The zero-order valence-electron chi connectivity index (χ0n) is 16.3. The van der Waals surface area contributed by atoms with Crippen LogP contribution in [0.25, 0.3) is 10.8 Å². The first kappa shape index (κ1) is 19.6. The van der Waals surface area contributed by atoms with Gasteiger partial charge in [0.2, 0.25) is 0 Å². The van der Waals surface area contributed by atoms with Crippen LogP contribution in [-0.2, 0) is 9.53 Å². The summed E-state index contributed by atoms with van der Waals surface area (Å²) in [6.07, 6.45) is -0.110. The number of benzene rings is 3. The number of ketones is 2. The van der Waals surface area contributed by atoms with Crippen molar-refractivity contribution in [3.8, 4) is 11.5 Å². The van der Waals surface area contributed by atoms with Gasteiger partial charge in [0, 0.05) is 17.5 Å². The molecule has 6 nitrogen and oxygen atoms in total. The molecule has 0 unspecified atom stereocenters. The fourth-order valence-corrected chi connectivity index (χ4v) is 3.24. The van der Waals surface area contributed by atoms with Gasteiger partial charge in [0.15, 0.2) is 29.7 Å². The molecular weight excluding hydrogens is 384 g/mol. The Morgan fingerprint density at radius 2 is 1.43 bits per heavy atom. The average Bonchev–Trinajstić information content (AvgIpc) is 2.80. The number of carbonyl (C=O) groups is 3. The third-order valence-electron chi connectivity index (χ3n) is 4.86. The summed E-state index contributed by atoms with van der Waals surface area (Å²) < 4.78 is 16.0. The molecule has 0 atom stereocenters. The predicted molar refractivity (Wildman–Crippen MR) is 110 cm³/mol. The first-order chi connectivity index (χ1) is 14.6. The van der Waals surface area contributed by atoms with Crippen molar-refractivity contribution in [2.24, 2.45) is 0 Å². The summed E-state index contributed by atoms with van der Waals surface area (Å²) in [6.45, 7) is 0.557. The van der Waals surface area contributed by atoms with Gasteiger partial charge >= 0.3 is 5.97 Å². The Labute approximate surface area is 173 Å². The predicted octanol–water partition coefficient (Wildman–Crippen LogP) is 4.00. The van der Waals surface area contributed by atoms with Crippen molar-refractivity contribution < 1.29 is 28.6 Å². The Morgan fingerprint density at radius 3 is 2.27 bits per heavy atom. The van der Waals surface area contributed by atoms with E-state index in [0.29, 0.717) is 35.8 Å². The van der Waals surface area contributed by atoms with Gasteiger partial charge in [-0.05, 0) is 35.0 Å². The van der Waals surface area contributed by atoms with Gasteiger partial charge < -0.3 is 14.2 Å². The maximum absolute atomic E-state index is 12.3. The van der Waals surface area contributed by atoms with Gasteiger partial charge in [-0.25, -0.2) is 0 Å². The number of esters is 1. The van der Waals surface area contributed by atoms with Crippen LogP contribution in [0.2, 0.25) is 0 Å². The lowest BCUT2D eigenvalue weighted by Gasteiger charge is -2.18. The van der Waals surface area contributed by atoms with Crippen LogP contribution in [0.1, 0.15) is 33.6 Å². The standard InChI is InChI=1S/C24H20O6/c25-20(19-7-9-22-23(14-19)29-12-11-28-22)8-10-24(27)30-15-21(26)18-6-5-16-3-1-2-4-17(16)13-18/h1-7,9,13-14H,8,10-12,15H2. The number of hydrogen-bond acceptors (Lipinski definition) is 6. The van der Waals surface area contributed by atoms with Crippen LogP contribution in [0.3, 0.4) is 0 Å². The monoisotopic (exact) mass is 404 g/mol. The minimum Gasteiger partial charge on any atom is -0.486 e. The summed E-state index contributed by atoms with van der Waals surface area (Å²) in [4.78, 5) is 36.7. The van der Waals surface area contributed by atoms with Gasteiger partial charge in [0.25, 0.3) is 0 Å². The third kappa shape index (κ3) is 4.49. The molecule has 30 heavy (non-hydrogen) atoms. The highest BCUT2D eigenvalue weighted by atomic mass is 16.6.